The molecule has 0 bridgehead atoms. The molecule has 0 spiro atoms. The third-order valence-electron chi connectivity index (χ3n) is 3.82. The summed E-state index contributed by atoms with van der Waals surface area (Å²) in [5, 5.41) is 3.66. The van der Waals surface area contributed by atoms with Crippen LogP contribution in [0.4, 0.5) is 24.3 Å². The maximum Gasteiger partial charge on any atom is 0.573 e. The zero-order valence-corrected chi connectivity index (χ0v) is 14.6. The van der Waals surface area contributed by atoms with Gasteiger partial charge in [0.2, 0.25) is 5.95 Å². The second-order valence-electron chi connectivity index (χ2n) is 5.69. The molecule has 140 valence electrons. The molecule has 0 saturated carbocycles. The number of ether oxygens (including phenoxy) is 1. The average molecular weight is 393 g/mol. The zero-order chi connectivity index (χ0) is 19.0. The largest absolute Gasteiger partial charge is 0.573 e. The number of hydrogen-bond acceptors (Lipinski definition) is 6. The van der Waals surface area contributed by atoms with E-state index in [0.717, 1.165) is 11.0 Å². The van der Waals surface area contributed by atoms with Crippen LogP contribution in [0.15, 0.2) is 42.5 Å². The Morgan fingerprint density at radius 1 is 1.11 bits per heavy atom. The Labute approximate surface area is 155 Å². The molecule has 2 heterocycles. The van der Waals surface area contributed by atoms with Crippen molar-refractivity contribution < 1.29 is 17.9 Å². The number of benzene rings is 2. The molecule has 27 heavy (non-hydrogen) atoms. The number of nitrogens with two attached hydrogens (primary N) is 1. The molecule has 4 aromatic rings. The van der Waals surface area contributed by atoms with E-state index in [-0.39, 0.29) is 5.75 Å². The van der Waals surface area contributed by atoms with Crippen LogP contribution in [0, 0.1) is 0 Å². The summed E-state index contributed by atoms with van der Waals surface area (Å²) < 4.78 is 43.6. The topological polar surface area (TPSA) is 78.0 Å². The highest BCUT2D eigenvalue weighted by atomic mass is 32.1. The molecule has 4 rings (SSSR count). The zero-order valence-electron chi connectivity index (χ0n) is 13.8. The number of nitrogens with one attached hydrogen (secondary N) is 1. The SMILES string of the molecule is NCCn1c(Nc2nc3ccc(OC(F)(F)F)cc3s2)nc2ccccc21. The molecule has 10 heteroatoms. The minimum Gasteiger partial charge on any atom is -0.406 e. The number of hydrogen-bond donors (Lipinski definition) is 2. The van der Waals surface area contributed by atoms with Crippen LogP contribution in [0.2, 0.25) is 0 Å². The standard InChI is InChI=1S/C17H14F3N5OS/c18-17(19,20)26-10-5-6-12-14(9-10)27-16(23-12)24-15-22-11-3-1-2-4-13(11)25(15)8-7-21/h1-6,9H,7-8,21H2,(H,22,23,24). The first-order valence-electron chi connectivity index (χ1n) is 8.01. The molecule has 0 amide bonds. The van der Waals surface area contributed by atoms with Gasteiger partial charge in [0.05, 0.1) is 21.3 Å². The van der Waals surface area contributed by atoms with Gasteiger partial charge < -0.3 is 20.4 Å². The van der Waals surface area contributed by atoms with Gasteiger partial charge in [-0.15, -0.1) is 13.2 Å². The van der Waals surface area contributed by atoms with Gasteiger partial charge in [-0.3, -0.25) is 0 Å². The van der Waals surface area contributed by atoms with E-state index in [1.54, 1.807) is 0 Å². The van der Waals surface area contributed by atoms with Crippen LogP contribution in [0.1, 0.15) is 0 Å². The summed E-state index contributed by atoms with van der Waals surface area (Å²) in [6.07, 6.45) is -4.73. The van der Waals surface area contributed by atoms with Crippen LogP contribution in [0.3, 0.4) is 0 Å². The van der Waals surface area contributed by atoms with Crippen molar-refractivity contribution in [3.63, 3.8) is 0 Å². The Hall–Kier alpha value is -2.85. The fourth-order valence-corrected chi connectivity index (χ4v) is 3.67. The molecular formula is C17H14F3N5OS. The first kappa shape index (κ1) is 17.6. The number of rotatable bonds is 5. The highest BCUT2D eigenvalue weighted by Crippen LogP contribution is 2.33. The normalized spacial score (nSPS) is 12.0. The molecule has 0 saturated heterocycles. The highest BCUT2D eigenvalue weighted by molar-refractivity contribution is 7.22. The fraction of sp³-hybridized carbons (Fsp3) is 0.176. The van der Waals surface area contributed by atoms with Crippen molar-refractivity contribution in [2.75, 3.05) is 11.9 Å². The quantitative estimate of drug-likeness (QED) is 0.530. The van der Waals surface area contributed by atoms with Gasteiger partial charge in [-0.25, -0.2) is 9.97 Å². The summed E-state index contributed by atoms with van der Waals surface area (Å²) in [4.78, 5) is 8.96. The first-order valence-corrected chi connectivity index (χ1v) is 8.83. The van der Waals surface area contributed by atoms with Crippen molar-refractivity contribution in [3.05, 3.63) is 42.5 Å². The number of fused-ring (bicyclic) bond motifs is 2. The van der Waals surface area contributed by atoms with E-state index in [1.807, 2.05) is 28.8 Å². The van der Waals surface area contributed by atoms with Crippen molar-refractivity contribution in [1.82, 2.24) is 14.5 Å². The van der Waals surface area contributed by atoms with Gasteiger partial charge in [-0.05, 0) is 24.3 Å². The van der Waals surface area contributed by atoms with E-state index in [1.165, 1.54) is 29.5 Å². The van der Waals surface area contributed by atoms with Crippen molar-refractivity contribution in [1.29, 1.82) is 0 Å². The second-order valence-corrected chi connectivity index (χ2v) is 6.72. The average Bonchev–Trinajstić information content (AvgIpc) is 3.15. The number of nitrogens with zero attached hydrogens (tertiary/aromatic N) is 3. The molecule has 0 aliphatic carbocycles. The van der Waals surface area contributed by atoms with Crippen LogP contribution in [-0.2, 0) is 6.54 Å². The number of imidazole rings is 1. The predicted octanol–water partition coefficient (Wildman–Crippen LogP) is 4.25. The monoisotopic (exact) mass is 393 g/mol. The summed E-state index contributed by atoms with van der Waals surface area (Å²) in [7, 11) is 0. The van der Waals surface area contributed by atoms with E-state index >= 15 is 0 Å². The van der Waals surface area contributed by atoms with Crippen LogP contribution >= 0.6 is 11.3 Å². The van der Waals surface area contributed by atoms with Gasteiger partial charge in [0.25, 0.3) is 0 Å². The predicted molar refractivity (Wildman–Crippen MR) is 98.4 cm³/mol. The summed E-state index contributed by atoms with van der Waals surface area (Å²) in [5.74, 6) is 0.299. The third kappa shape index (κ3) is 3.67. The van der Waals surface area contributed by atoms with Crippen molar-refractivity contribution in [2.45, 2.75) is 12.9 Å². The lowest BCUT2D eigenvalue weighted by atomic mass is 10.3. The van der Waals surface area contributed by atoms with E-state index in [2.05, 4.69) is 20.0 Å². The maximum atomic E-state index is 12.4. The Bertz CT molecular complexity index is 1110. The number of para-hydroxylation sites is 2. The molecule has 2 aromatic heterocycles. The molecule has 3 N–H and O–H groups in total. The van der Waals surface area contributed by atoms with Gasteiger partial charge in [0.15, 0.2) is 5.13 Å². The first-order chi connectivity index (χ1) is 12.9. The van der Waals surface area contributed by atoms with E-state index in [9.17, 15) is 13.2 Å². The summed E-state index contributed by atoms with van der Waals surface area (Å²) >= 11 is 1.21. The summed E-state index contributed by atoms with van der Waals surface area (Å²) in [5.41, 5.74) is 8.03. The Balaban J connectivity index is 1.67. The van der Waals surface area contributed by atoms with Gasteiger partial charge in [-0.1, -0.05) is 23.5 Å². The molecule has 0 unspecified atom stereocenters. The van der Waals surface area contributed by atoms with Crippen LogP contribution in [-0.4, -0.2) is 27.4 Å². The van der Waals surface area contributed by atoms with Crippen molar-refractivity contribution >= 4 is 43.7 Å². The minimum atomic E-state index is -4.73. The van der Waals surface area contributed by atoms with Crippen molar-refractivity contribution in [2.24, 2.45) is 5.73 Å². The van der Waals surface area contributed by atoms with Crippen LogP contribution in [0.25, 0.3) is 21.3 Å². The lowest BCUT2D eigenvalue weighted by molar-refractivity contribution is -0.274. The molecule has 0 atom stereocenters. The lowest BCUT2D eigenvalue weighted by Gasteiger charge is -2.07. The van der Waals surface area contributed by atoms with Gasteiger partial charge >= 0.3 is 6.36 Å². The Morgan fingerprint density at radius 3 is 2.70 bits per heavy atom. The van der Waals surface area contributed by atoms with Crippen LogP contribution < -0.4 is 15.8 Å². The van der Waals surface area contributed by atoms with Gasteiger partial charge in [0, 0.05) is 19.2 Å². The molecule has 0 fully saturated rings. The third-order valence-corrected chi connectivity index (χ3v) is 4.75. The lowest BCUT2D eigenvalue weighted by Crippen LogP contribution is -2.16. The molecular weight excluding hydrogens is 379 g/mol. The highest BCUT2D eigenvalue weighted by Gasteiger charge is 2.31. The van der Waals surface area contributed by atoms with E-state index in [0.29, 0.717) is 34.4 Å². The molecule has 6 nitrogen and oxygen atoms in total. The number of thiazole rings is 1. The second kappa shape index (κ2) is 6.71. The summed E-state index contributed by atoms with van der Waals surface area (Å²) in [6.45, 7) is 1.00. The molecule has 2 aromatic carbocycles. The van der Waals surface area contributed by atoms with Gasteiger partial charge in [0.1, 0.15) is 5.75 Å². The Morgan fingerprint density at radius 2 is 1.93 bits per heavy atom. The van der Waals surface area contributed by atoms with E-state index < -0.39 is 6.36 Å². The number of aromatic nitrogens is 3. The molecule has 0 aliphatic heterocycles. The molecule has 0 radical (unpaired) electrons. The summed E-state index contributed by atoms with van der Waals surface area (Å²) in [6, 6.07) is 11.7. The van der Waals surface area contributed by atoms with E-state index in [4.69, 9.17) is 5.73 Å². The minimum absolute atomic E-state index is 0.277. The molecule has 0 aliphatic rings. The Kier molecular flexibility index (Phi) is 4.36. The smallest absolute Gasteiger partial charge is 0.406 e. The number of anilines is 2. The van der Waals surface area contributed by atoms with Gasteiger partial charge in [-0.2, -0.15) is 0 Å². The fourth-order valence-electron chi connectivity index (χ4n) is 2.78. The van der Waals surface area contributed by atoms with Crippen LogP contribution in [0.5, 0.6) is 5.75 Å². The number of halogens is 3. The van der Waals surface area contributed by atoms with Crippen molar-refractivity contribution in [3.8, 4) is 5.75 Å². The maximum absolute atomic E-state index is 12.4. The number of alkyl halides is 3.